The van der Waals surface area contributed by atoms with E-state index in [0.717, 1.165) is 35.7 Å². The second-order valence-electron chi connectivity index (χ2n) is 4.07. The molecule has 1 amide bonds. The zero-order chi connectivity index (χ0) is 12.1. The maximum atomic E-state index is 12.0. The van der Waals surface area contributed by atoms with Gasteiger partial charge in [0.15, 0.2) is 0 Å². The van der Waals surface area contributed by atoms with Gasteiger partial charge in [0.2, 0.25) is 5.91 Å². The Hall–Kier alpha value is -1.00. The summed E-state index contributed by atoms with van der Waals surface area (Å²) in [6.07, 6.45) is 2.03. The van der Waals surface area contributed by atoms with Crippen molar-refractivity contribution >= 4 is 23.4 Å². The van der Waals surface area contributed by atoms with Crippen LogP contribution in [0.1, 0.15) is 19.8 Å². The van der Waals surface area contributed by atoms with Crippen LogP contribution in [0, 0.1) is 0 Å². The van der Waals surface area contributed by atoms with Gasteiger partial charge in [0.1, 0.15) is 0 Å². The van der Waals surface area contributed by atoms with Crippen LogP contribution in [0.3, 0.4) is 0 Å². The molecule has 2 N–H and O–H groups in total. The summed E-state index contributed by atoms with van der Waals surface area (Å²) in [5.74, 6) is 1.10. The molecule has 1 unspecified atom stereocenters. The summed E-state index contributed by atoms with van der Waals surface area (Å²) in [7, 11) is 0. The topological polar surface area (TPSA) is 41.1 Å². The van der Waals surface area contributed by atoms with Crippen molar-refractivity contribution in [3.05, 3.63) is 24.3 Å². The molecule has 92 valence electrons. The fourth-order valence-corrected chi connectivity index (χ4v) is 2.74. The minimum atomic E-state index is -0.0188. The number of thioether (sulfide) groups is 1. The molecule has 2 rings (SSSR count). The van der Waals surface area contributed by atoms with Crippen molar-refractivity contribution < 1.29 is 4.79 Å². The van der Waals surface area contributed by atoms with Gasteiger partial charge in [-0.2, -0.15) is 0 Å². The molecular weight excluding hydrogens is 232 g/mol. The Kier molecular flexibility index (Phi) is 4.45. The average Bonchev–Trinajstić information content (AvgIpc) is 2.85. The van der Waals surface area contributed by atoms with Gasteiger partial charge in [-0.25, -0.2) is 0 Å². The van der Waals surface area contributed by atoms with Crippen molar-refractivity contribution in [3.63, 3.8) is 0 Å². The molecule has 1 aromatic rings. The van der Waals surface area contributed by atoms with E-state index in [1.807, 2.05) is 24.3 Å². The van der Waals surface area contributed by atoms with Gasteiger partial charge in [-0.1, -0.05) is 19.1 Å². The molecule has 1 aromatic carbocycles. The van der Waals surface area contributed by atoms with Crippen LogP contribution in [0.5, 0.6) is 0 Å². The largest absolute Gasteiger partial charge is 0.324 e. The maximum absolute atomic E-state index is 12.0. The summed E-state index contributed by atoms with van der Waals surface area (Å²) in [6.45, 7) is 3.06. The molecule has 1 atom stereocenters. The van der Waals surface area contributed by atoms with Crippen LogP contribution in [-0.4, -0.2) is 24.2 Å². The maximum Gasteiger partial charge on any atom is 0.241 e. The summed E-state index contributed by atoms with van der Waals surface area (Å²) >= 11 is 1.75. The molecule has 1 aliphatic heterocycles. The molecule has 1 heterocycles. The second-order valence-corrected chi connectivity index (χ2v) is 5.37. The molecule has 1 aliphatic rings. The molecule has 0 aliphatic carbocycles. The molecule has 0 spiro atoms. The Bertz CT molecular complexity index is 389. The SMILES string of the molecule is CCSc1ccccc1NC(=O)C1CCCN1. The van der Waals surface area contributed by atoms with Gasteiger partial charge < -0.3 is 10.6 Å². The summed E-state index contributed by atoms with van der Waals surface area (Å²) in [4.78, 5) is 13.1. The van der Waals surface area contributed by atoms with Crippen molar-refractivity contribution in [3.8, 4) is 0 Å². The average molecular weight is 250 g/mol. The van der Waals surface area contributed by atoms with E-state index in [-0.39, 0.29) is 11.9 Å². The third-order valence-corrected chi connectivity index (χ3v) is 3.78. The lowest BCUT2D eigenvalue weighted by molar-refractivity contribution is -0.117. The smallest absolute Gasteiger partial charge is 0.241 e. The highest BCUT2D eigenvalue weighted by molar-refractivity contribution is 7.99. The number of benzene rings is 1. The van der Waals surface area contributed by atoms with Crippen LogP contribution in [0.2, 0.25) is 0 Å². The number of carbonyl (C=O) groups is 1. The second kappa shape index (κ2) is 6.07. The van der Waals surface area contributed by atoms with Gasteiger partial charge in [-0.15, -0.1) is 11.8 Å². The summed E-state index contributed by atoms with van der Waals surface area (Å²) in [5, 5.41) is 6.22. The van der Waals surface area contributed by atoms with E-state index < -0.39 is 0 Å². The lowest BCUT2D eigenvalue weighted by Crippen LogP contribution is -2.35. The fourth-order valence-electron chi connectivity index (χ4n) is 1.98. The van der Waals surface area contributed by atoms with Gasteiger partial charge in [0, 0.05) is 4.90 Å². The summed E-state index contributed by atoms with van der Waals surface area (Å²) < 4.78 is 0. The van der Waals surface area contributed by atoms with Crippen molar-refractivity contribution in [1.82, 2.24) is 5.32 Å². The lowest BCUT2D eigenvalue weighted by Gasteiger charge is -2.13. The third kappa shape index (κ3) is 3.23. The standard InChI is InChI=1S/C13H18N2OS/c1-2-17-12-8-4-3-6-10(12)15-13(16)11-7-5-9-14-11/h3-4,6,8,11,14H,2,5,7,9H2,1H3,(H,15,16). The first-order valence-electron chi connectivity index (χ1n) is 6.07. The van der Waals surface area contributed by atoms with Gasteiger partial charge >= 0.3 is 0 Å². The monoisotopic (exact) mass is 250 g/mol. The number of hydrogen-bond donors (Lipinski definition) is 2. The number of anilines is 1. The first-order chi connectivity index (χ1) is 8.31. The van der Waals surface area contributed by atoms with Crippen molar-refractivity contribution in [2.75, 3.05) is 17.6 Å². The Labute approximate surface area is 106 Å². The van der Waals surface area contributed by atoms with E-state index in [9.17, 15) is 4.79 Å². The summed E-state index contributed by atoms with van der Waals surface area (Å²) in [6, 6.07) is 7.95. The quantitative estimate of drug-likeness (QED) is 0.807. The van der Waals surface area contributed by atoms with Crippen LogP contribution in [-0.2, 0) is 4.79 Å². The first kappa shape index (κ1) is 12.5. The molecule has 0 radical (unpaired) electrons. The fraction of sp³-hybridized carbons (Fsp3) is 0.462. The molecule has 3 nitrogen and oxygen atoms in total. The van der Waals surface area contributed by atoms with Crippen LogP contribution in [0.15, 0.2) is 29.2 Å². The van der Waals surface area contributed by atoms with Crippen LogP contribution >= 0.6 is 11.8 Å². The summed E-state index contributed by atoms with van der Waals surface area (Å²) in [5.41, 5.74) is 0.929. The Morgan fingerprint density at radius 1 is 1.53 bits per heavy atom. The van der Waals surface area contributed by atoms with Gasteiger partial charge in [-0.05, 0) is 37.3 Å². The Morgan fingerprint density at radius 3 is 3.06 bits per heavy atom. The minimum absolute atomic E-state index is 0.0188. The number of nitrogens with one attached hydrogen (secondary N) is 2. The lowest BCUT2D eigenvalue weighted by atomic mass is 10.2. The molecule has 0 bridgehead atoms. The predicted octanol–water partition coefficient (Wildman–Crippen LogP) is 2.49. The van der Waals surface area contributed by atoms with E-state index in [0.29, 0.717) is 0 Å². The number of carbonyl (C=O) groups excluding carboxylic acids is 1. The van der Waals surface area contributed by atoms with E-state index in [4.69, 9.17) is 0 Å². The molecule has 17 heavy (non-hydrogen) atoms. The van der Waals surface area contributed by atoms with Crippen LogP contribution in [0.25, 0.3) is 0 Å². The highest BCUT2D eigenvalue weighted by atomic mass is 32.2. The van der Waals surface area contributed by atoms with Gasteiger partial charge in [-0.3, -0.25) is 4.79 Å². The van der Waals surface area contributed by atoms with Gasteiger partial charge in [0.05, 0.1) is 11.7 Å². The number of hydrogen-bond acceptors (Lipinski definition) is 3. The number of para-hydroxylation sites is 1. The highest BCUT2D eigenvalue weighted by Gasteiger charge is 2.22. The van der Waals surface area contributed by atoms with Crippen molar-refractivity contribution in [2.45, 2.75) is 30.7 Å². The highest BCUT2D eigenvalue weighted by Crippen LogP contribution is 2.26. The zero-order valence-corrected chi connectivity index (χ0v) is 10.8. The Morgan fingerprint density at radius 2 is 2.35 bits per heavy atom. The van der Waals surface area contributed by atoms with E-state index in [1.54, 1.807) is 11.8 Å². The predicted molar refractivity (Wildman–Crippen MR) is 72.5 cm³/mol. The molecule has 4 heteroatoms. The number of rotatable bonds is 4. The molecule has 1 fully saturated rings. The molecule has 0 aromatic heterocycles. The normalized spacial score (nSPS) is 19.2. The number of amides is 1. The van der Waals surface area contributed by atoms with E-state index >= 15 is 0 Å². The molecule has 0 saturated carbocycles. The van der Waals surface area contributed by atoms with E-state index in [2.05, 4.69) is 17.6 Å². The Balaban J connectivity index is 2.04. The molecule has 1 saturated heterocycles. The van der Waals surface area contributed by atoms with Gasteiger partial charge in [0.25, 0.3) is 0 Å². The van der Waals surface area contributed by atoms with Crippen LogP contribution in [0.4, 0.5) is 5.69 Å². The van der Waals surface area contributed by atoms with Crippen LogP contribution < -0.4 is 10.6 Å². The first-order valence-corrected chi connectivity index (χ1v) is 7.06. The zero-order valence-electron chi connectivity index (χ0n) is 10.0. The van der Waals surface area contributed by atoms with Crippen molar-refractivity contribution in [2.24, 2.45) is 0 Å². The van der Waals surface area contributed by atoms with Crippen molar-refractivity contribution in [1.29, 1.82) is 0 Å². The molecular formula is C13H18N2OS. The third-order valence-electron chi connectivity index (χ3n) is 2.82. The van der Waals surface area contributed by atoms with E-state index in [1.165, 1.54) is 0 Å². The minimum Gasteiger partial charge on any atom is -0.324 e.